The molecule has 0 bridgehead atoms. The van der Waals surface area contributed by atoms with Gasteiger partial charge in [-0.25, -0.2) is 4.98 Å². The van der Waals surface area contributed by atoms with Gasteiger partial charge in [0.2, 0.25) is 11.8 Å². The number of amides is 1. The zero-order valence-corrected chi connectivity index (χ0v) is 16.0. The van der Waals surface area contributed by atoms with Gasteiger partial charge in [0.25, 0.3) is 0 Å². The van der Waals surface area contributed by atoms with Crippen molar-refractivity contribution in [3.8, 4) is 10.8 Å². The second-order valence-electron chi connectivity index (χ2n) is 6.73. The average molecular weight is 382 g/mol. The van der Waals surface area contributed by atoms with Crippen LogP contribution in [0.5, 0.6) is 0 Å². The van der Waals surface area contributed by atoms with E-state index in [0.29, 0.717) is 12.4 Å². The summed E-state index contributed by atoms with van der Waals surface area (Å²) in [4.78, 5) is 20.7. The van der Waals surface area contributed by atoms with Crippen molar-refractivity contribution in [3.05, 3.63) is 65.4 Å². The van der Waals surface area contributed by atoms with Gasteiger partial charge >= 0.3 is 0 Å². The maximum absolute atomic E-state index is 13.1. The van der Waals surface area contributed by atoms with Crippen molar-refractivity contribution < 1.29 is 9.21 Å². The van der Waals surface area contributed by atoms with Gasteiger partial charge in [-0.15, -0.1) is 11.3 Å². The molecule has 5 nitrogen and oxygen atoms in total. The van der Waals surface area contributed by atoms with E-state index in [9.17, 15) is 4.79 Å². The Hall–Kier alpha value is -2.44. The monoisotopic (exact) mass is 381 g/mol. The summed E-state index contributed by atoms with van der Waals surface area (Å²) in [6.07, 6.45) is 5.04. The van der Waals surface area contributed by atoms with Crippen molar-refractivity contribution in [3.63, 3.8) is 0 Å². The van der Waals surface area contributed by atoms with Crippen molar-refractivity contribution in [1.82, 2.24) is 15.2 Å². The molecule has 1 fully saturated rings. The summed E-state index contributed by atoms with van der Waals surface area (Å²) in [7, 11) is 0. The largest absolute Gasteiger partial charge is 0.444 e. The molecule has 1 aromatic carbocycles. The number of aromatic nitrogens is 1. The lowest BCUT2D eigenvalue weighted by Gasteiger charge is -2.31. The minimum Gasteiger partial charge on any atom is -0.444 e. The lowest BCUT2D eigenvalue weighted by Crippen LogP contribution is -2.43. The van der Waals surface area contributed by atoms with Crippen molar-refractivity contribution in [1.29, 1.82) is 0 Å². The van der Waals surface area contributed by atoms with Gasteiger partial charge < -0.3 is 9.32 Å². The fourth-order valence-corrected chi connectivity index (χ4v) is 4.05. The maximum atomic E-state index is 13.1. The van der Waals surface area contributed by atoms with Gasteiger partial charge in [0.15, 0.2) is 0 Å². The van der Waals surface area contributed by atoms with Crippen molar-refractivity contribution in [2.45, 2.75) is 31.8 Å². The van der Waals surface area contributed by atoms with Crippen molar-refractivity contribution >= 4 is 17.2 Å². The van der Waals surface area contributed by atoms with E-state index in [2.05, 4.69) is 10.3 Å². The summed E-state index contributed by atoms with van der Waals surface area (Å²) in [6.45, 7) is 2.17. The molecule has 1 amide bonds. The lowest BCUT2D eigenvalue weighted by molar-refractivity contribution is -0.134. The Labute approximate surface area is 163 Å². The number of rotatable bonds is 6. The molecule has 0 saturated carbocycles. The van der Waals surface area contributed by atoms with Crippen LogP contribution in [0.2, 0.25) is 0 Å². The standard InChI is InChI=1S/C21H23N3O2S/c25-21(24-11-5-2-6-12-24)19(16-8-3-1-4-9-16)22-14-17-15-26-20(23-17)18-10-7-13-27-18/h1,3-4,7-10,13,15,19,22H,2,5-6,11-12,14H2/t19-/m0/s1. The fourth-order valence-electron chi connectivity index (χ4n) is 3.40. The van der Waals surface area contributed by atoms with Crippen molar-refractivity contribution in [2.75, 3.05) is 13.1 Å². The predicted molar refractivity (Wildman–Crippen MR) is 106 cm³/mol. The highest BCUT2D eigenvalue weighted by molar-refractivity contribution is 7.13. The molecule has 27 heavy (non-hydrogen) atoms. The molecule has 140 valence electrons. The summed E-state index contributed by atoms with van der Waals surface area (Å²) in [6, 6.07) is 13.5. The number of carbonyl (C=O) groups is 1. The van der Waals surface area contributed by atoms with E-state index in [1.54, 1.807) is 17.6 Å². The number of nitrogens with one attached hydrogen (secondary N) is 1. The van der Waals surface area contributed by atoms with Gasteiger partial charge in [0.1, 0.15) is 12.3 Å². The van der Waals surface area contributed by atoms with Crippen LogP contribution in [0.1, 0.15) is 36.6 Å². The predicted octanol–water partition coefficient (Wildman–Crippen LogP) is 4.25. The third-order valence-corrected chi connectivity index (χ3v) is 5.68. The number of nitrogens with zero attached hydrogens (tertiary/aromatic N) is 2. The smallest absolute Gasteiger partial charge is 0.244 e. The number of benzene rings is 1. The van der Waals surface area contributed by atoms with E-state index in [1.807, 2.05) is 52.7 Å². The molecule has 0 aliphatic carbocycles. The van der Waals surface area contributed by atoms with Gasteiger partial charge in [-0.1, -0.05) is 36.4 Å². The van der Waals surface area contributed by atoms with Crippen LogP contribution >= 0.6 is 11.3 Å². The number of hydrogen-bond acceptors (Lipinski definition) is 5. The average Bonchev–Trinajstić information content (AvgIpc) is 3.41. The molecule has 3 aromatic rings. The first-order valence-corrected chi connectivity index (χ1v) is 10.2. The van der Waals surface area contributed by atoms with Crippen molar-refractivity contribution in [2.24, 2.45) is 0 Å². The summed E-state index contributed by atoms with van der Waals surface area (Å²) in [5, 5.41) is 5.40. The quantitative estimate of drug-likeness (QED) is 0.694. The Kier molecular flexibility index (Phi) is 5.65. The normalized spacial score (nSPS) is 15.6. The lowest BCUT2D eigenvalue weighted by atomic mass is 10.0. The zero-order valence-electron chi connectivity index (χ0n) is 15.1. The van der Waals surface area contributed by atoms with Crippen LogP contribution in [-0.4, -0.2) is 28.9 Å². The molecule has 1 aliphatic rings. The van der Waals surface area contributed by atoms with Crippen LogP contribution in [0, 0.1) is 0 Å². The number of likely N-dealkylation sites (tertiary alicyclic amines) is 1. The Balaban J connectivity index is 1.48. The maximum Gasteiger partial charge on any atom is 0.244 e. The van der Waals surface area contributed by atoms with E-state index in [1.165, 1.54) is 6.42 Å². The summed E-state index contributed by atoms with van der Waals surface area (Å²) >= 11 is 1.60. The molecule has 3 heterocycles. The Morgan fingerprint density at radius 2 is 1.96 bits per heavy atom. The van der Waals surface area contributed by atoms with E-state index in [4.69, 9.17) is 4.42 Å². The van der Waals surface area contributed by atoms with E-state index >= 15 is 0 Å². The molecular weight excluding hydrogens is 358 g/mol. The van der Waals surface area contributed by atoms with Gasteiger partial charge in [-0.05, 0) is 36.3 Å². The SMILES string of the molecule is O=C([C@@H](NCc1coc(-c2cccs2)n1)c1ccccc1)N1CCCCC1. The topological polar surface area (TPSA) is 58.4 Å². The Bertz CT molecular complexity index is 855. The minimum atomic E-state index is -0.369. The molecule has 6 heteroatoms. The molecule has 1 aliphatic heterocycles. The van der Waals surface area contributed by atoms with Gasteiger partial charge in [0.05, 0.1) is 10.6 Å². The number of thiophene rings is 1. The second-order valence-corrected chi connectivity index (χ2v) is 7.68. The molecule has 1 N–H and O–H groups in total. The van der Waals surface area contributed by atoms with Crippen LogP contribution in [0.25, 0.3) is 10.8 Å². The molecule has 0 spiro atoms. The van der Waals surface area contributed by atoms with E-state index in [-0.39, 0.29) is 11.9 Å². The Morgan fingerprint density at radius 3 is 2.70 bits per heavy atom. The minimum absolute atomic E-state index is 0.142. The first-order valence-electron chi connectivity index (χ1n) is 9.36. The van der Waals surface area contributed by atoms with E-state index < -0.39 is 0 Å². The summed E-state index contributed by atoms with van der Waals surface area (Å²) in [5.41, 5.74) is 1.78. The van der Waals surface area contributed by atoms with Gasteiger partial charge in [0, 0.05) is 19.6 Å². The van der Waals surface area contributed by atoms with E-state index in [0.717, 1.165) is 42.1 Å². The van der Waals surface area contributed by atoms with Crippen LogP contribution in [0.15, 0.2) is 58.5 Å². The third kappa shape index (κ3) is 4.28. The Morgan fingerprint density at radius 1 is 1.15 bits per heavy atom. The van der Waals surface area contributed by atoms with Crippen LogP contribution in [0.4, 0.5) is 0 Å². The fraction of sp³-hybridized carbons (Fsp3) is 0.333. The highest BCUT2D eigenvalue weighted by atomic mass is 32.1. The molecule has 1 saturated heterocycles. The zero-order chi connectivity index (χ0) is 18.5. The highest BCUT2D eigenvalue weighted by Crippen LogP contribution is 2.24. The molecular formula is C21H23N3O2S. The number of hydrogen-bond donors (Lipinski definition) is 1. The van der Waals surface area contributed by atoms with Crippen LogP contribution in [-0.2, 0) is 11.3 Å². The summed E-state index contributed by atoms with van der Waals surface area (Å²) < 4.78 is 5.59. The summed E-state index contributed by atoms with van der Waals surface area (Å²) in [5.74, 6) is 0.767. The van der Waals surface area contributed by atoms with Crippen LogP contribution < -0.4 is 5.32 Å². The molecule has 2 aromatic heterocycles. The number of carbonyl (C=O) groups excluding carboxylic acids is 1. The van der Waals surface area contributed by atoms with Gasteiger partial charge in [-0.2, -0.15) is 0 Å². The third-order valence-electron chi connectivity index (χ3n) is 4.82. The highest BCUT2D eigenvalue weighted by Gasteiger charge is 2.26. The molecule has 0 radical (unpaired) electrons. The molecule has 4 rings (SSSR count). The molecule has 1 atom stereocenters. The molecule has 0 unspecified atom stereocenters. The number of oxazole rings is 1. The number of piperidine rings is 1. The first kappa shape index (κ1) is 17.9. The first-order chi connectivity index (χ1) is 13.3. The van der Waals surface area contributed by atoms with Gasteiger partial charge in [-0.3, -0.25) is 10.1 Å². The van der Waals surface area contributed by atoms with Crippen LogP contribution in [0.3, 0.4) is 0 Å². The second kappa shape index (κ2) is 8.50.